The third kappa shape index (κ3) is 3.04. The SMILES string of the molecule is CC[C@@]1(O)C(=O)OCc2c1cc1n(c2=O)Cc2c-1nc1cc3c(cc1c2CC(C)(C)CO)OCO3. The molecule has 0 unspecified atom stereocenters. The Morgan fingerprint density at radius 3 is 2.57 bits per heavy atom. The fraction of sp³-hybridized carbons (Fsp3) is 0.423. The smallest absolute Gasteiger partial charge is 0.343 e. The van der Waals surface area contributed by atoms with Crippen LogP contribution in [0.1, 0.15) is 49.4 Å². The largest absolute Gasteiger partial charge is 0.458 e. The Kier molecular flexibility index (Phi) is 4.59. The molecule has 5 heterocycles. The average Bonchev–Trinajstić information content (AvgIpc) is 3.45. The van der Waals surface area contributed by atoms with Crippen LogP contribution in [0.15, 0.2) is 23.0 Å². The molecular weight excluding hydrogens is 452 g/mol. The quantitative estimate of drug-likeness (QED) is 0.429. The van der Waals surface area contributed by atoms with Crippen LogP contribution in [0.25, 0.3) is 22.3 Å². The number of rotatable bonds is 4. The van der Waals surface area contributed by atoms with Gasteiger partial charge in [-0.25, -0.2) is 9.78 Å². The van der Waals surface area contributed by atoms with Gasteiger partial charge in [0.25, 0.3) is 5.56 Å². The molecule has 0 saturated heterocycles. The minimum Gasteiger partial charge on any atom is -0.458 e. The van der Waals surface area contributed by atoms with E-state index in [0.717, 1.165) is 16.5 Å². The molecule has 0 spiro atoms. The van der Waals surface area contributed by atoms with Gasteiger partial charge in [0.1, 0.15) is 6.61 Å². The van der Waals surface area contributed by atoms with Crippen molar-refractivity contribution in [3.63, 3.8) is 0 Å². The van der Waals surface area contributed by atoms with Crippen molar-refractivity contribution in [3.05, 3.63) is 50.8 Å². The van der Waals surface area contributed by atoms with Gasteiger partial charge in [-0.3, -0.25) is 4.79 Å². The van der Waals surface area contributed by atoms with Gasteiger partial charge < -0.3 is 29.0 Å². The molecule has 0 fully saturated rings. The summed E-state index contributed by atoms with van der Waals surface area (Å²) in [5.74, 6) is 0.481. The topological polar surface area (TPSA) is 120 Å². The van der Waals surface area contributed by atoms with E-state index in [9.17, 15) is 19.8 Å². The summed E-state index contributed by atoms with van der Waals surface area (Å²) in [4.78, 5) is 30.9. The summed E-state index contributed by atoms with van der Waals surface area (Å²) in [7, 11) is 0. The maximum absolute atomic E-state index is 13.5. The molecular formula is C26H26N2O7. The minimum absolute atomic E-state index is 0.0136. The van der Waals surface area contributed by atoms with Gasteiger partial charge in [-0.05, 0) is 36.0 Å². The fourth-order valence-electron chi connectivity index (χ4n) is 5.29. The summed E-state index contributed by atoms with van der Waals surface area (Å²) >= 11 is 0. The first kappa shape index (κ1) is 22.1. The molecule has 1 aromatic carbocycles. The molecule has 2 N–H and O–H groups in total. The van der Waals surface area contributed by atoms with E-state index in [-0.39, 0.29) is 43.1 Å². The lowest BCUT2D eigenvalue weighted by atomic mass is 9.83. The second-order valence-corrected chi connectivity index (χ2v) is 10.2. The Balaban J connectivity index is 1.64. The van der Waals surface area contributed by atoms with Crippen LogP contribution >= 0.6 is 0 Å². The molecule has 2 aromatic heterocycles. The average molecular weight is 479 g/mol. The third-order valence-electron chi connectivity index (χ3n) is 7.38. The number of pyridine rings is 2. The number of carbonyl (C=O) groups excluding carboxylic acids is 1. The molecule has 182 valence electrons. The molecule has 3 aliphatic rings. The van der Waals surface area contributed by atoms with Crippen LogP contribution in [0.2, 0.25) is 0 Å². The molecule has 1 atom stereocenters. The lowest BCUT2D eigenvalue weighted by molar-refractivity contribution is -0.172. The predicted molar refractivity (Wildman–Crippen MR) is 125 cm³/mol. The van der Waals surface area contributed by atoms with Gasteiger partial charge in [-0.15, -0.1) is 0 Å². The normalized spacial score (nSPS) is 20.0. The first-order valence-corrected chi connectivity index (χ1v) is 11.7. The standard InChI is InChI=1S/C26H26N2O7/c1-4-26(32)17-6-19-22-15(9-28(19)23(30)16(17)10-33-24(26)31)14(8-25(2,3)11-29)13-5-20-21(35-12-34-20)7-18(13)27-22/h5-7,29,32H,4,8-12H2,1-3H3/t26-/m0/s1. The van der Waals surface area contributed by atoms with Crippen molar-refractivity contribution >= 4 is 16.9 Å². The van der Waals surface area contributed by atoms with Gasteiger partial charge in [0, 0.05) is 29.2 Å². The van der Waals surface area contributed by atoms with Gasteiger partial charge in [-0.1, -0.05) is 20.8 Å². The fourth-order valence-corrected chi connectivity index (χ4v) is 5.29. The molecule has 0 saturated carbocycles. The maximum atomic E-state index is 13.5. The highest BCUT2D eigenvalue weighted by atomic mass is 16.7. The number of fused-ring (bicyclic) bond motifs is 6. The molecule has 9 heteroatoms. The third-order valence-corrected chi connectivity index (χ3v) is 7.38. The minimum atomic E-state index is -1.88. The Morgan fingerprint density at radius 1 is 1.11 bits per heavy atom. The molecule has 0 radical (unpaired) electrons. The maximum Gasteiger partial charge on any atom is 0.343 e. The number of benzene rings is 1. The van der Waals surface area contributed by atoms with Crippen molar-refractivity contribution in [2.45, 2.75) is 52.4 Å². The van der Waals surface area contributed by atoms with E-state index in [2.05, 4.69) is 0 Å². The highest BCUT2D eigenvalue weighted by molar-refractivity contribution is 5.91. The van der Waals surface area contributed by atoms with E-state index < -0.39 is 17.0 Å². The lowest BCUT2D eigenvalue weighted by Crippen LogP contribution is -2.44. The second kappa shape index (κ2) is 7.29. The highest BCUT2D eigenvalue weighted by Gasteiger charge is 2.45. The second-order valence-electron chi connectivity index (χ2n) is 10.2. The van der Waals surface area contributed by atoms with Crippen molar-refractivity contribution in [2.24, 2.45) is 5.41 Å². The van der Waals surface area contributed by atoms with E-state index in [0.29, 0.717) is 41.4 Å². The molecule has 0 bridgehead atoms. The van der Waals surface area contributed by atoms with Gasteiger partial charge in [0.15, 0.2) is 17.1 Å². The highest BCUT2D eigenvalue weighted by Crippen LogP contribution is 2.44. The van der Waals surface area contributed by atoms with Gasteiger partial charge in [0.05, 0.1) is 29.0 Å². The summed E-state index contributed by atoms with van der Waals surface area (Å²) in [6, 6.07) is 5.44. The number of carbonyl (C=O) groups is 1. The van der Waals surface area contributed by atoms with Crippen LogP contribution in [-0.2, 0) is 34.7 Å². The number of hydrogen-bond donors (Lipinski definition) is 2. The monoisotopic (exact) mass is 478 g/mol. The number of ether oxygens (including phenoxy) is 3. The number of aromatic nitrogens is 2. The summed E-state index contributed by atoms with van der Waals surface area (Å²) in [6.45, 7) is 5.89. The Bertz CT molecular complexity index is 1490. The zero-order valence-electron chi connectivity index (χ0n) is 19.8. The zero-order chi connectivity index (χ0) is 24.7. The van der Waals surface area contributed by atoms with Crippen molar-refractivity contribution in [1.29, 1.82) is 0 Å². The molecule has 6 rings (SSSR count). The Hall–Kier alpha value is -3.43. The Morgan fingerprint density at radius 2 is 1.86 bits per heavy atom. The van der Waals surface area contributed by atoms with Gasteiger partial charge in [0.2, 0.25) is 6.79 Å². The van der Waals surface area contributed by atoms with Gasteiger partial charge >= 0.3 is 5.97 Å². The van der Waals surface area contributed by atoms with Crippen molar-refractivity contribution < 1.29 is 29.2 Å². The van der Waals surface area contributed by atoms with E-state index >= 15 is 0 Å². The molecule has 0 amide bonds. The van der Waals surface area contributed by atoms with E-state index in [1.807, 2.05) is 26.0 Å². The molecule has 9 nitrogen and oxygen atoms in total. The molecule has 35 heavy (non-hydrogen) atoms. The summed E-state index contributed by atoms with van der Waals surface area (Å²) in [6.07, 6.45) is 0.632. The zero-order valence-corrected chi connectivity index (χ0v) is 19.8. The van der Waals surface area contributed by atoms with Crippen molar-refractivity contribution in [3.8, 4) is 22.9 Å². The molecule has 3 aromatic rings. The van der Waals surface area contributed by atoms with Crippen LogP contribution in [0.4, 0.5) is 0 Å². The van der Waals surface area contributed by atoms with Crippen LogP contribution < -0.4 is 15.0 Å². The van der Waals surface area contributed by atoms with E-state index in [4.69, 9.17) is 19.2 Å². The van der Waals surface area contributed by atoms with E-state index in [1.165, 1.54) is 0 Å². The van der Waals surface area contributed by atoms with Crippen LogP contribution in [0.5, 0.6) is 11.5 Å². The Labute approximate surface area is 200 Å². The van der Waals surface area contributed by atoms with E-state index in [1.54, 1.807) is 17.6 Å². The number of aliphatic hydroxyl groups is 2. The van der Waals surface area contributed by atoms with Gasteiger partial charge in [-0.2, -0.15) is 0 Å². The number of cyclic esters (lactones) is 1. The summed E-state index contributed by atoms with van der Waals surface area (Å²) < 4.78 is 18.0. The first-order chi connectivity index (χ1) is 16.7. The lowest BCUT2D eigenvalue weighted by Gasteiger charge is -2.31. The molecule has 3 aliphatic heterocycles. The number of hydrogen-bond acceptors (Lipinski definition) is 8. The molecule has 0 aliphatic carbocycles. The predicted octanol–water partition coefficient (Wildman–Crippen LogP) is 2.37. The number of aliphatic hydroxyl groups excluding tert-OH is 1. The van der Waals surface area contributed by atoms with Crippen LogP contribution in [0, 0.1) is 5.41 Å². The van der Waals surface area contributed by atoms with Crippen molar-refractivity contribution in [2.75, 3.05) is 13.4 Å². The number of esters is 1. The summed E-state index contributed by atoms with van der Waals surface area (Å²) in [5, 5.41) is 22.0. The summed E-state index contributed by atoms with van der Waals surface area (Å²) in [5.41, 5.74) is 1.67. The van der Waals surface area contributed by atoms with Crippen LogP contribution in [0.3, 0.4) is 0 Å². The van der Waals surface area contributed by atoms with Crippen molar-refractivity contribution in [1.82, 2.24) is 9.55 Å². The number of nitrogens with zero attached hydrogens (tertiary/aromatic N) is 2. The van der Waals surface area contributed by atoms with Crippen LogP contribution in [-0.4, -0.2) is 39.1 Å². The first-order valence-electron chi connectivity index (χ1n) is 11.7.